The van der Waals surface area contributed by atoms with Gasteiger partial charge in [-0.2, -0.15) is 0 Å². The minimum absolute atomic E-state index is 0.0421. The van der Waals surface area contributed by atoms with Gasteiger partial charge in [0.1, 0.15) is 11.5 Å². The zero-order valence-corrected chi connectivity index (χ0v) is 16.8. The molecule has 7 nitrogen and oxygen atoms in total. The number of rotatable bonds is 7. The second-order valence-electron chi connectivity index (χ2n) is 6.72. The maximum atomic E-state index is 12.5. The van der Waals surface area contributed by atoms with Crippen molar-refractivity contribution in [3.63, 3.8) is 0 Å². The van der Waals surface area contributed by atoms with Crippen LogP contribution >= 0.6 is 0 Å². The average Bonchev–Trinajstić information content (AvgIpc) is 3.42. The Morgan fingerprint density at radius 1 is 1.10 bits per heavy atom. The third kappa shape index (κ3) is 4.79. The van der Waals surface area contributed by atoms with Crippen LogP contribution in [0.2, 0.25) is 0 Å². The van der Waals surface area contributed by atoms with Gasteiger partial charge in [0.25, 0.3) is 0 Å². The van der Waals surface area contributed by atoms with Crippen molar-refractivity contribution >= 4 is 27.7 Å². The van der Waals surface area contributed by atoms with E-state index in [1.54, 1.807) is 30.3 Å². The summed E-state index contributed by atoms with van der Waals surface area (Å²) in [5.74, 6) is 1.03. The Morgan fingerprint density at radius 3 is 2.83 bits per heavy atom. The number of furan rings is 1. The van der Waals surface area contributed by atoms with Crippen molar-refractivity contribution < 1.29 is 22.4 Å². The molecule has 2 N–H and O–H groups in total. The van der Waals surface area contributed by atoms with E-state index in [0.717, 1.165) is 23.3 Å². The molecule has 0 bridgehead atoms. The molecule has 1 aliphatic rings. The lowest BCUT2D eigenvalue weighted by atomic mass is 10.1. The number of benzene rings is 2. The van der Waals surface area contributed by atoms with Gasteiger partial charge in [-0.05, 0) is 59.7 Å². The summed E-state index contributed by atoms with van der Waals surface area (Å²) in [6.07, 6.45) is 5.45. The number of sulfonamides is 1. The molecule has 1 aromatic heterocycles. The summed E-state index contributed by atoms with van der Waals surface area (Å²) in [6, 6.07) is 15.2. The smallest absolute Gasteiger partial charge is 0.248 e. The predicted molar refractivity (Wildman–Crippen MR) is 112 cm³/mol. The van der Waals surface area contributed by atoms with Crippen LogP contribution in [0.1, 0.15) is 16.9 Å². The number of nitrogens with one attached hydrogen (secondary N) is 2. The topological polar surface area (TPSA) is 97.6 Å². The summed E-state index contributed by atoms with van der Waals surface area (Å²) in [5, 5.41) is 2.69. The minimum atomic E-state index is -3.75. The number of ether oxygens (including phenoxy) is 1. The molecule has 30 heavy (non-hydrogen) atoms. The molecule has 0 aliphatic carbocycles. The van der Waals surface area contributed by atoms with Crippen LogP contribution in [0.4, 0.5) is 5.69 Å². The number of hydrogen-bond acceptors (Lipinski definition) is 5. The van der Waals surface area contributed by atoms with Crippen molar-refractivity contribution in [2.45, 2.75) is 17.9 Å². The van der Waals surface area contributed by atoms with Gasteiger partial charge in [-0.25, -0.2) is 13.1 Å². The molecule has 4 rings (SSSR count). The number of carbonyl (C=O) groups is 1. The maximum Gasteiger partial charge on any atom is 0.248 e. The van der Waals surface area contributed by atoms with Gasteiger partial charge in [0, 0.05) is 18.2 Å². The highest BCUT2D eigenvalue weighted by Crippen LogP contribution is 2.26. The maximum absolute atomic E-state index is 12.5. The van der Waals surface area contributed by atoms with Gasteiger partial charge in [-0.15, -0.1) is 0 Å². The van der Waals surface area contributed by atoms with E-state index in [9.17, 15) is 13.2 Å². The summed E-state index contributed by atoms with van der Waals surface area (Å²) in [7, 11) is -3.75. The summed E-state index contributed by atoms with van der Waals surface area (Å²) in [4.78, 5) is 12.3. The quantitative estimate of drug-likeness (QED) is 0.567. The van der Waals surface area contributed by atoms with Crippen LogP contribution in [0.15, 0.2) is 76.2 Å². The second-order valence-corrected chi connectivity index (χ2v) is 8.49. The van der Waals surface area contributed by atoms with E-state index in [2.05, 4.69) is 10.0 Å². The number of amides is 1. The molecular weight excluding hydrogens is 404 g/mol. The van der Waals surface area contributed by atoms with E-state index in [-0.39, 0.29) is 17.3 Å². The first-order valence-corrected chi connectivity index (χ1v) is 10.8. The molecule has 0 atom stereocenters. The zero-order chi connectivity index (χ0) is 21.0. The lowest BCUT2D eigenvalue weighted by molar-refractivity contribution is -0.111. The standard InChI is InChI=1S/C22H20N2O5S/c25-22(9-7-16-6-8-21-17(13-16)10-12-29-21)24-18-3-1-5-20(14-18)30(26,27)23-15-19-4-2-11-28-19/h1-9,11,13-14,23H,10,12,15H2,(H,24,25)/b9-7+. The molecule has 2 aromatic carbocycles. The monoisotopic (exact) mass is 424 g/mol. The van der Waals surface area contributed by atoms with E-state index in [4.69, 9.17) is 9.15 Å². The van der Waals surface area contributed by atoms with Crippen LogP contribution in [-0.4, -0.2) is 20.9 Å². The highest BCUT2D eigenvalue weighted by molar-refractivity contribution is 7.89. The van der Waals surface area contributed by atoms with Gasteiger partial charge in [0.2, 0.25) is 15.9 Å². The summed E-state index contributed by atoms with van der Waals surface area (Å²) in [5.41, 5.74) is 2.40. The lowest BCUT2D eigenvalue weighted by Gasteiger charge is -2.08. The third-order valence-electron chi connectivity index (χ3n) is 4.57. The Labute approximate surface area is 174 Å². The molecule has 1 aliphatic heterocycles. The summed E-state index contributed by atoms with van der Waals surface area (Å²) < 4.78 is 38.0. The largest absolute Gasteiger partial charge is 0.493 e. The Morgan fingerprint density at radius 2 is 2.00 bits per heavy atom. The average molecular weight is 424 g/mol. The molecule has 1 amide bonds. The fourth-order valence-electron chi connectivity index (χ4n) is 3.07. The van der Waals surface area contributed by atoms with Crippen molar-refractivity contribution in [3.8, 4) is 5.75 Å². The molecule has 154 valence electrons. The van der Waals surface area contributed by atoms with E-state index >= 15 is 0 Å². The van der Waals surface area contributed by atoms with Crippen LogP contribution in [0.25, 0.3) is 6.08 Å². The lowest BCUT2D eigenvalue weighted by Crippen LogP contribution is -2.23. The Hall–Kier alpha value is -3.36. The molecule has 0 saturated carbocycles. The Bertz CT molecular complexity index is 1180. The fourth-order valence-corrected chi connectivity index (χ4v) is 4.11. The van der Waals surface area contributed by atoms with Gasteiger partial charge >= 0.3 is 0 Å². The second kappa shape index (κ2) is 8.56. The molecule has 0 radical (unpaired) electrons. The van der Waals surface area contributed by atoms with Gasteiger partial charge < -0.3 is 14.5 Å². The van der Waals surface area contributed by atoms with E-state index in [0.29, 0.717) is 18.1 Å². The van der Waals surface area contributed by atoms with Crippen molar-refractivity contribution in [2.75, 3.05) is 11.9 Å². The van der Waals surface area contributed by atoms with Crippen LogP contribution in [0.3, 0.4) is 0 Å². The molecule has 3 aromatic rings. The van der Waals surface area contributed by atoms with Crippen molar-refractivity contribution in [2.24, 2.45) is 0 Å². The number of carbonyl (C=O) groups excluding carboxylic acids is 1. The predicted octanol–water partition coefficient (Wildman–Crippen LogP) is 3.34. The van der Waals surface area contributed by atoms with Gasteiger partial charge in [-0.1, -0.05) is 12.1 Å². The van der Waals surface area contributed by atoms with Crippen LogP contribution in [0.5, 0.6) is 5.75 Å². The molecule has 0 fully saturated rings. The molecular formula is C22H20N2O5S. The minimum Gasteiger partial charge on any atom is -0.493 e. The van der Waals surface area contributed by atoms with E-state index in [1.165, 1.54) is 24.5 Å². The highest BCUT2D eigenvalue weighted by Gasteiger charge is 2.15. The van der Waals surface area contributed by atoms with Crippen molar-refractivity contribution in [1.29, 1.82) is 0 Å². The first kappa shape index (κ1) is 19.9. The van der Waals surface area contributed by atoms with Crippen molar-refractivity contribution in [1.82, 2.24) is 4.72 Å². The molecule has 2 heterocycles. The van der Waals surface area contributed by atoms with Crippen LogP contribution in [0, 0.1) is 0 Å². The van der Waals surface area contributed by atoms with Gasteiger partial charge in [0.15, 0.2) is 0 Å². The van der Waals surface area contributed by atoms with Gasteiger partial charge in [0.05, 0.1) is 24.3 Å². The van der Waals surface area contributed by atoms with Gasteiger partial charge in [-0.3, -0.25) is 4.79 Å². The number of fused-ring (bicyclic) bond motifs is 1. The Kier molecular flexibility index (Phi) is 5.69. The van der Waals surface area contributed by atoms with Crippen molar-refractivity contribution in [3.05, 3.63) is 83.8 Å². The SMILES string of the molecule is O=C(/C=C/c1ccc2c(c1)CCO2)Nc1cccc(S(=O)(=O)NCc2ccco2)c1. The normalized spacial score (nSPS) is 13.2. The number of hydrogen-bond donors (Lipinski definition) is 2. The summed E-state index contributed by atoms with van der Waals surface area (Å²) in [6.45, 7) is 0.721. The first-order chi connectivity index (χ1) is 14.5. The third-order valence-corrected chi connectivity index (χ3v) is 5.97. The van der Waals surface area contributed by atoms with Crippen LogP contribution < -0.4 is 14.8 Å². The van der Waals surface area contributed by atoms with E-state index < -0.39 is 10.0 Å². The Balaban J connectivity index is 1.40. The molecule has 0 spiro atoms. The number of anilines is 1. The summed E-state index contributed by atoms with van der Waals surface area (Å²) >= 11 is 0. The molecule has 8 heteroatoms. The molecule has 0 unspecified atom stereocenters. The zero-order valence-electron chi connectivity index (χ0n) is 16.0. The van der Waals surface area contributed by atoms with Crippen LogP contribution in [-0.2, 0) is 27.8 Å². The van der Waals surface area contributed by atoms with E-state index in [1.807, 2.05) is 18.2 Å². The fraction of sp³-hybridized carbons (Fsp3) is 0.136. The first-order valence-electron chi connectivity index (χ1n) is 9.36. The highest BCUT2D eigenvalue weighted by atomic mass is 32.2. The molecule has 0 saturated heterocycles.